The van der Waals surface area contributed by atoms with Crippen molar-refractivity contribution in [2.45, 2.75) is 32.7 Å². The van der Waals surface area contributed by atoms with Gasteiger partial charge in [0.25, 0.3) is 5.78 Å². The number of rotatable bonds is 2. The Balaban J connectivity index is 1.97. The van der Waals surface area contributed by atoms with Gasteiger partial charge in [0.2, 0.25) is 0 Å². The van der Waals surface area contributed by atoms with Crippen LogP contribution in [0.4, 0.5) is 5.82 Å². The quantitative estimate of drug-likeness (QED) is 0.872. The summed E-state index contributed by atoms with van der Waals surface area (Å²) in [5.74, 6) is 2.28. The molecule has 0 amide bonds. The van der Waals surface area contributed by atoms with Gasteiger partial charge in [-0.2, -0.15) is 14.6 Å². The maximum Gasteiger partial charge on any atom is 0.254 e. The molecular weight excluding hydrogens is 240 g/mol. The van der Waals surface area contributed by atoms with Gasteiger partial charge in [-0.1, -0.05) is 13.3 Å². The Morgan fingerprint density at radius 3 is 3.11 bits per heavy atom. The Morgan fingerprint density at radius 2 is 2.32 bits per heavy atom. The van der Waals surface area contributed by atoms with Crippen LogP contribution in [-0.2, 0) is 0 Å². The van der Waals surface area contributed by atoms with Crippen LogP contribution in [0.3, 0.4) is 0 Å². The lowest BCUT2D eigenvalue weighted by molar-refractivity contribution is 0.346. The van der Waals surface area contributed by atoms with E-state index in [4.69, 9.17) is 5.73 Å². The van der Waals surface area contributed by atoms with Crippen molar-refractivity contribution >= 4 is 11.6 Å². The molecule has 0 radical (unpaired) electrons. The fourth-order valence-corrected chi connectivity index (χ4v) is 2.83. The van der Waals surface area contributed by atoms with E-state index in [0.717, 1.165) is 37.4 Å². The minimum absolute atomic E-state index is 0.315. The van der Waals surface area contributed by atoms with Crippen molar-refractivity contribution in [3.63, 3.8) is 0 Å². The predicted molar refractivity (Wildman–Crippen MR) is 74.1 cm³/mol. The molecule has 2 aromatic rings. The van der Waals surface area contributed by atoms with Crippen molar-refractivity contribution in [1.29, 1.82) is 0 Å². The van der Waals surface area contributed by atoms with Gasteiger partial charge in [0.15, 0.2) is 0 Å². The van der Waals surface area contributed by atoms with Gasteiger partial charge in [-0.15, -0.1) is 0 Å². The summed E-state index contributed by atoms with van der Waals surface area (Å²) in [6, 6.07) is 2.39. The van der Waals surface area contributed by atoms with E-state index in [1.807, 2.05) is 11.4 Å². The third-order valence-electron chi connectivity index (χ3n) is 4.00. The van der Waals surface area contributed by atoms with Crippen LogP contribution < -0.4 is 10.6 Å². The number of aromatic nitrogens is 4. The smallest absolute Gasteiger partial charge is 0.254 e. The molecule has 102 valence electrons. The van der Waals surface area contributed by atoms with Crippen LogP contribution in [0, 0.1) is 12.8 Å². The van der Waals surface area contributed by atoms with Gasteiger partial charge in [-0.05, 0) is 19.3 Å². The van der Waals surface area contributed by atoms with E-state index in [9.17, 15) is 0 Å². The van der Waals surface area contributed by atoms with Crippen molar-refractivity contribution in [3.05, 3.63) is 18.1 Å². The number of nitrogens with two attached hydrogens (primary N) is 1. The second kappa shape index (κ2) is 4.77. The zero-order valence-electron chi connectivity index (χ0n) is 11.5. The highest BCUT2D eigenvalue weighted by molar-refractivity contribution is 5.47. The van der Waals surface area contributed by atoms with Gasteiger partial charge in [-0.25, -0.2) is 4.98 Å². The second-order valence-electron chi connectivity index (χ2n) is 5.29. The van der Waals surface area contributed by atoms with E-state index in [1.165, 1.54) is 0 Å². The van der Waals surface area contributed by atoms with Crippen LogP contribution in [0.2, 0.25) is 0 Å². The maximum atomic E-state index is 6.18. The van der Waals surface area contributed by atoms with Crippen molar-refractivity contribution < 1.29 is 0 Å². The summed E-state index contributed by atoms with van der Waals surface area (Å²) in [7, 11) is 0. The number of hydrogen-bond donors (Lipinski definition) is 1. The van der Waals surface area contributed by atoms with Crippen molar-refractivity contribution in [2.24, 2.45) is 11.7 Å². The SMILES string of the molecule is CCC1CN(c2cc(C)nc3ncnn23)CCC1N. The largest absolute Gasteiger partial charge is 0.356 e. The zero-order chi connectivity index (χ0) is 13.4. The molecule has 1 aliphatic rings. The number of anilines is 1. The first-order chi connectivity index (χ1) is 9.19. The van der Waals surface area contributed by atoms with Gasteiger partial charge in [0, 0.05) is 30.9 Å². The Morgan fingerprint density at radius 1 is 1.47 bits per heavy atom. The van der Waals surface area contributed by atoms with Crippen molar-refractivity contribution in [3.8, 4) is 0 Å². The number of nitrogens with zero attached hydrogens (tertiary/aromatic N) is 5. The van der Waals surface area contributed by atoms with Gasteiger partial charge >= 0.3 is 0 Å². The average Bonchev–Trinajstić information content (AvgIpc) is 2.86. The molecule has 3 heterocycles. The monoisotopic (exact) mass is 260 g/mol. The van der Waals surface area contributed by atoms with Crippen LogP contribution in [0.25, 0.3) is 5.78 Å². The molecule has 0 aromatic carbocycles. The highest BCUT2D eigenvalue weighted by Crippen LogP contribution is 2.24. The molecule has 19 heavy (non-hydrogen) atoms. The first-order valence-electron chi connectivity index (χ1n) is 6.87. The zero-order valence-corrected chi connectivity index (χ0v) is 11.5. The summed E-state index contributed by atoms with van der Waals surface area (Å²) >= 11 is 0. The summed E-state index contributed by atoms with van der Waals surface area (Å²) in [5, 5.41) is 4.27. The molecule has 2 aromatic heterocycles. The number of aryl methyl sites for hydroxylation is 1. The molecule has 6 nitrogen and oxygen atoms in total. The van der Waals surface area contributed by atoms with E-state index >= 15 is 0 Å². The number of piperidine rings is 1. The number of hydrogen-bond acceptors (Lipinski definition) is 5. The molecule has 6 heteroatoms. The summed E-state index contributed by atoms with van der Waals surface area (Å²) < 4.78 is 1.82. The first kappa shape index (κ1) is 12.3. The average molecular weight is 260 g/mol. The molecular formula is C13H20N6. The first-order valence-corrected chi connectivity index (χ1v) is 6.87. The number of fused-ring (bicyclic) bond motifs is 1. The molecule has 3 rings (SSSR count). The molecule has 0 spiro atoms. The van der Waals surface area contributed by atoms with Crippen LogP contribution in [0.5, 0.6) is 0 Å². The van der Waals surface area contributed by atoms with E-state index in [-0.39, 0.29) is 0 Å². The van der Waals surface area contributed by atoms with Crippen LogP contribution >= 0.6 is 0 Å². The molecule has 2 atom stereocenters. The third-order valence-corrected chi connectivity index (χ3v) is 4.00. The minimum Gasteiger partial charge on any atom is -0.356 e. The molecule has 1 saturated heterocycles. The predicted octanol–water partition coefficient (Wildman–Crippen LogP) is 0.996. The van der Waals surface area contributed by atoms with E-state index in [1.54, 1.807) is 6.33 Å². The fraction of sp³-hybridized carbons (Fsp3) is 0.615. The Kier molecular flexibility index (Phi) is 3.10. The summed E-state index contributed by atoms with van der Waals surface area (Å²) in [4.78, 5) is 10.9. The van der Waals surface area contributed by atoms with E-state index in [2.05, 4.69) is 33.0 Å². The molecule has 1 aliphatic heterocycles. The lowest BCUT2D eigenvalue weighted by Gasteiger charge is -2.37. The van der Waals surface area contributed by atoms with Crippen molar-refractivity contribution in [2.75, 3.05) is 18.0 Å². The fourth-order valence-electron chi connectivity index (χ4n) is 2.83. The summed E-state index contributed by atoms with van der Waals surface area (Å²) in [5.41, 5.74) is 7.15. The van der Waals surface area contributed by atoms with E-state index < -0.39 is 0 Å². The van der Waals surface area contributed by atoms with Gasteiger partial charge in [-0.3, -0.25) is 0 Å². The highest BCUT2D eigenvalue weighted by Gasteiger charge is 2.27. The highest BCUT2D eigenvalue weighted by atomic mass is 15.4. The standard InChI is InChI=1S/C13H20N6/c1-3-10-7-18(5-4-11(10)14)12-6-9(2)17-13-15-8-16-19(12)13/h6,8,10-11H,3-5,7,14H2,1-2H3. The molecule has 0 bridgehead atoms. The molecule has 2 unspecified atom stereocenters. The Hall–Kier alpha value is -1.69. The topological polar surface area (TPSA) is 72.3 Å². The summed E-state index contributed by atoms with van der Waals surface area (Å²) in [6.45, 7) is 6.15. The Labute approximate surface area is 112 Å². The van der Waals surface area contributed by atoms with Gasteiger partial charge < -0.3 is 10.6 Å². The normalized spacial score (nSPS) is 24.1. The van der Waals surface area contributed by atoms with E-state index in [0.29, 0.717) is 17.7 Å². The Bertz CT molecular complexity index is 578. The third kappa shape index (κ3) is 2.16. The van der Waals surface area contributed by atoms with Crippen LogP contribution in [-0.4, -0.2) is 38.7 Å². The maximum absolute atomic E-state index is 6.18. The molecule has 0 saturated carbocycles. The minimum atomic E-state index is 0.315. The molecule has 1 fully saturated rings. The lowest BCUT2D eigenvalue weighted by atomic mass is 9.91. The van der Waals surface area contributed by atoms with Gasteiger partial charge in [0.05, 0.1) is 0 Å². The van der Waals surface area contributed by atoms with Gasteiger partial charge in [0.1, 0.15) is 12.1 Å². The summed E-state index contributed by atoms with van der Waals surface area (Å²) in [6.07, 6.45) is 3.69. The second-order valence-corrected chi connectivity index (χ2v) is 5.29. The van der Waals surface area contributed by atoms with Crippen LogP contribution in [0.1, 0.15) is 25.5 Å². The molecule has 0 aliphatic carbocycles. The lowest BCUT2D eigenvalue weighted by Crippen LogP contribution is -2.47. The van der Waals surface area contributed by atoms with Crippen LogP contribution in [0.15, 0.2) is 12.4 Å². The van der Waals surface area contributed by atoms with Crippen molar-refractivity contribution in [1.82, 2.24) is 19.6 Å². The molecule has 2 N–H and O–H groups in total.